The first-order chi connectivity index (χ1) is 42.1. The third-order valence-electron chi connectivity index (χ3n) is 16.9. The van der Waals surface area contributed by atoms with Gasteiger partial charge in [0.25, 0.3) is 10.1 Å². The lowest BCUT2D eigenvalue weighted by molar-refractivity contribution is -0.157. The molecule has 1 saturated heterocycles. The number of rotatable bonds is 17. The van der Waals surface area contributed by atoms with Crippen LogP contribution >= 0.6 is 0 Å². The Hall–Kier alpha value is -6.22. The summed E-state index contributed by atoms with van der Waals surface area (Å²) in [6, 6.07) is -15.2. The predicted molar refractivity (Wildman–Crippen MR) is 353 cm³/mol. The van der Waals surface area contributed by atoms with E-state index >= 15 is 24.0 Å². The molecule has 27 heteroatoms. The summed E-state index contributed by atoms with van der Waals surface area (Å²) in [7, 11) is 5.09. The van der Waals surface area contributed by atoms with Gasteiger partial charge in [-0.3, -0.25) is 56.9 Å². The lowest BCUT2D eigenvalue weighted by Crippen LogP contribution is -2.64. The Balaban J connectivity index is 4.58. The molecule has 26 nitrogen and oxygen atoms in total. The molecule has 0 radical (unpaired) electrons. The molecule has 0 aromatic rings. The summed E-state index contributed by atoms with van der Waals surface area (Å²) < 4.78 is 30.5. The molecule has 0 saturated carbocycles. The van der Waals surface area contributed by atoms with Crippen molar-refractivity contribution in [3.05, 3.63) is 12.2 Å². The van der Waals surface area contributed by atoms with Gasteiger partial charge in [0.15, 0.2) is 0 Å². The molecular formula is C65H117N11O15S. The number of hydrogen-bond donors (Lipinski definition) is 5. The Labute approximate surface area is 549 Å². The minimum atomic E-state index is -4.31. The maximum absolute atomic E-state index is 15.3. The molecule has 0 aromatic carbocycles. The fraction of sp³-hybridized carbons (Fsp3) is 0.800. The fourth-order valence-corrected chi connectivity index (χ4v) is 11.6. The summed E-state index contributed by atoms with van der Waals surface area (Å²) in [6.07, 6.45) is 3.03. The van der Waals surface area contributed by atoms with Crippen LogP contribution in [0.3, 0.4) is 0 Å². The van der Waals surface area contributed by atoms with Crippen LogP contribution in [0.15, 0.2) is 12.2 Å². The zero-order chi connectivity index (χ0) is 71.7. The van der Waals surface area contributed by atoms with Gasteiger partial charge in [-0.1, -0.05) is 116 Å². The molecule has 0 aliphatic carbocycles. The maximum atomic E-state index is 15.3. The van der Waals surface area contributed by atoms with Gasteiger partial charge in [-0.05, 0) is 100 Å². The zero-order valence-electron chi connectivity index (χ0n) is 60.2. The largest absolute Gasteiger partial charge is 0.390 e. The third-order valence-corrected chi connectivity index (χ3v) is 17.5. The van der Waals surface area contributed by atoms with Crippen molar-refractivity contribution in [3.8, 4) is 0 Å². The molecule has 13 atom stereocenters. The molecule has 0 spiro atoms. The smallest absolute Gasteiger partial charge is 0.264 e. The molecular weight excluding hydrogens is 1210 g/mol. The van der Waals surface area contributed by atoms with Gasteiger partial charge < -0.3 is 60.7 Å². The van der Waals surface area contributed by atoms with Gasteiger partial charge in [-0.15, -0.1) is 0 Å². The van der Waals surface area contributed by atoms with Crippen LogP contribution < -0.4 is 21.3 Å². The van der Waals surface area contributed by atoms with Gasteiger partial charge in [0.1, 0.15) is 66.5 Å². The third kappa shape index (κ3) is 24.0. The topological polar surface area (TPSA) is 322 Å². The van der Waals surface area contributed by atoms with E-state index in [4.69, 9.17) is 4.18 Å². The Morgan fingerprint density at radius 2 is 0.913 bits per heavy atom. The Morgan fingerprint density at radius 3 is 1.36 bits per heavy atom. The quantitative estimate of drug-likeness (QED) is 0.103. The first kappa shape index (κ1) is 83.8. The van der Waals surface area contributed by atoms with Gasteiger partial charge in [0, 0.05) is 49.3 Å². The van der Waals surface area contributed by atoms with Gasteiger partial charge in [0.2, 0.25) is 65.0 Å². The van der Waals surface area contributed by atoms with Gasteiger partial charge in [0.05, 0.1) is 19.0 Å². The highest BCUT2D eigenvalue weighted by atomic mass is 32.2. The molecule has 1 aliphatic heterocycles. The van der Waals surface area contributed by atoms with E-state index in [1.165, 1.54) is 82.8 Å². The van der Waals surface area contributed by atoms with Gasteiger partial charge >= 0.3 is 0 Å². The van der Waals surface area contributed by atoms with Crippen LogP contribution in [0.1, 0.15) is 163 Å². The standard InChI is InChI=1S/C65H117N11O15S/c1-27-29-30-41(13)53(77)52-57(81)68-44(28-2)59(83)74(23)49(35-91-92(26,89)90)62(86)73(22)48(34-65(16,17)18)56(80)69-50(39(9)10)63(87)70(19)45(31-36(3)4)55(79)66-42(14)54(78)67-43(15)58(82)71(20)46(32-37(5)6)60(84)72(21)47(33-38(7)8)61(85)75(24)51(40(11)12)64(88)76(52)25/h27,29,36-53,77H,28,30-35H2,1-26H3,(H,66,79)(H,67,78)(H,68,81)(H,69,80)/b29-27+/t41-,42+,43-,44+,45+,46+,47+,48+,49?,50+,51+,52+,53-/m1/s1. The van der Waals surface area contributed by atoms with Crippen molar-refractivity contribution in [1.29, 1.82) is 0 Å². The van der Waals surface area contributed by atoms with Crippen molar-refractivity contribution >= 4 is 75.1 Å². The van der Waals surface area contributed by atoms with Gasteiger partial charge in [-0.2, -0.15) is 8.42 Å². The highest BCUT2D eigenvalue weighted by Crippen LogP contribution is 2.28. The first-order valence-corrected chi connectivity index (χ1v) is 34.2. The van der Waals surface area contributed by atoms with Crippen molar-refractivity contribution in [3.63, 3.8) is 0 Å². The molecule has 1 heterocycles. The number of nitrogens with zero attached hydrogens (tertiary/aromatic N) is 7. The molecule has 1 fully saturated rings. The second-order valence-electron chi connectivity index (χ2n) is 28.4. The van der Waals surface area contributed by atoms with Crippen molar-refractivity contribution in [1.82, 2.24) is 55.6 Å². The molecule has 1 aliphatic rings. The van der Waals surface area contributed by atoms with Crippen LogP contribution in [-0.2, 0) is 67.0 Å². The monoisotopic (exact) mass is 1320 g/mol. The minimum Gasteiger partial charge on any atom is -0.390 e. The van der Waals surface area contributed by atoms with Crippen LogP contribution in [0, 0.1) is 40.9 Å². The number of hydrogen-bond acceptors (Lipinski definition) is 15. The molecule has 0 aromatic heterocycles. The van der Waals surface area contributed by atoms with Crippen LogP contribution in [0.4, 0.5) is 0 Å². The minimum absolute atomic E-state index is 0.0457. The van der Waals surface area contributed by atoms with E-state index in [1.54, 1.807) is 81.4 Å². The van der Waals surface area contributed by atoms with E-state index in [0.29, 0.717) is 0 Å². The Bertz CT molecular complexity index is 2700. The highest BCUT2D eigenvalue weighted by Gasteiger charge is 2.47. The summed E-state index contributed by atoms with van der Waals surface area (Å²) >= 11 is 0. The van der Waals surface area contributed by atoms with Crippen LogP contribution in [0.2, 0.25) is 0 Å². The number of likely N-dealkylation sites (N-methyl/N-ethyl adjacent to an activating group) is 7. The lowest BCUT2D eigenvalue weighted by Gasteiger charge is -2.41. The number of carbonyl (C=O) groups is 11. The van der Waals surface area contributed by atoms with E-state index in [2.05, 4.69) is 21.3 Å². The number of amides is 11. The molecule has 528 valence electrons. The maximum Gasteiger partial charge on any atom is 0.264 e. The van der Waals surface area contributed by atoms with E-state index in [0.717, 1.165) is 21.0 Å². The van der Waals surface area contributed by atoms with E-state index in [-0.39, 0.29) is 56.3 Å². The Kier molecular flexibility index (Phi) is 33.2. The SMILES string of the molecule is C/C=C/C[C@@H](C)[C@@H](O)[C@H]1C(=O)N[C@@H](CC)C(=O)N(C)C(COS(C)(=O)=O)C(=O)N(C)[C@@H](CC(C)(C)C)C(=O)N[C@@H](C(C)C)C(=O)N(C)[C@@H](CC(C)C)C(=O)N[C@@H](C)C(=O)N[C@H](C)C(=O)N(C)[C@@H](CC(C)C)C(=O)N(C)[C@@H](CC(C)C)C(=O)N(C)[C@@H](C(C)C)C(=O)N1C. The van der Waals surface area contributed by atoms with Crippen LogP contribution in [0.25, 0.3) is 0 Å². The molecule has 1 unspecified atom stereocenters. The highest BCUT2D eigenvalue weighted by molar-refractivity contribution is 7.86. The van der Waals surface area contributed by atoms with E-state index in [1.807, 2.05) is 41.5 Å². The van der Waals surface area contributed by atoms with Crippen molar-refractivity contribution in [2.45, 2.75) is 236 Å². The summed E-state index contributed by atoms with van der Waals surface area (Å²) in [6.45, 7) is 30.0. The number of carbonyl (C=O) groups excluding carboxylic acids is 11. The molecule has 0 bridgehead atoms. The Morgan fingerprint density at radius 1 is 0.500 bits per heavy atom. The normalized spacial score (nSPS) is 26.9. The summed E-state index contributed by atoms with van der Waals surface area (Å²) in [5.74, 6) is -11.2. The van der Waals surface area contributed by atoms with Crippen molar-refractivity contribution < 1.29 is 70.4 Å². The van der Waals surface area contributed by atoms with Gasteiger partial charge in [-0.25, -0.2) is 0 Å². The number of aliphatic hydroxyl groups excluding tert-OH is 1. The van der Waals surface area contributed by atoms with Crippen molar-refractivity contribution in [2.24, 2.45) is 40.9 Å². The molecule has 1 rings (SSSR count). The van der Waals surface area contributed by atoms with Crippen molar-refractivity contribution in [2.75, 3.05) is 62.2 Å². The number of aliphatic hydroxyl groups is 1. The average Bonchev–Trinajstić information content (AvgIpc) is 0.916. The first-order valence-electron chi connectivity index (χ1n) is 32.3. The van der Waals surface area contributed by atoms with Crippen LogP contribution in [-0.4, -0.2) is 248 Å². The summed E-state index contributed by atoms with van der Waals surface area (Å²) in [4.78, 5) is 171. The fourth-order valence-electron chi connectivity index (χ4n) is 11.3. The predicted octanol–water partition coefficient (Wildman–Crippen LogP) is 3.00. The average molecular weight is 1320 g/mol. The number of nitrogens with one attached hydrogen (secondary N) is 4. The molecule has 11 amide bonds. The van der Waals surface area contributed by atoms with Crippen LogP contribution in [0.5, 0.6) is 0 Å². The molecule has 92 heavy (non-hydrogen) atoms. The zero-order valence-corrected chi connectivity index (χ0v) is 61.0. The van der Waals surface area contributed by atoms with E-state index in [9.17, 15) is 42.3 Å². The number of allylic oxidation sites excluding steroid dienone is 2. The van der Waals surface area contributed by atoms with E-state index < -0.39 is 177 Å². The second kappa shape index (κ2) is 36.4. The summed E-state index contributed by atoms with van der Waals surface area (Å²) in [5.41, 5.74) is -0.704. The molecule has 5 N–H and O–H groups in total. The second-order valence-corrected chi connectivity index (χ2v) is 30.1. The lowest BCUT2D eigenvalue weighted by atomic mass is 9.86. The summed E-state index contributed by atoms with van der Waals surface area (Å²) in [5, 5.41) is 23.1.